The molecule has 1 aliphatic heterocycles. The molecule has 0 bridgehead atoms. The lowest BCUT2D eigenvalue weighted by molar-refractivity contribution is -0.123. The number of halogens is 1. The first-order valence-corrected chi connectivity index (χ1v) is 9.15. The molecule has 4 nitrogen and oxygen atoms in total. The van der Waals surface area contributed by atoms with Gasteiger partial charge in [0.25, 0.3) is 0 Å². The number of amides is 1. The molecule has 1 atom stereocenters. The number of carbonyl (C=O) groups excluding carboxylic acids is 1. The van der Waals surface area contributed by atoms with Crippen LogP contribution in [0.2, 0.25) is 0 Å². The largest absolute Gasteiger partial charge is 0.457 e. The summed E-state index contributed by atoms with van der Waals surface area (Å²) in [6.07, 6.45) is 3.26. The maximum absolute atomic E-state index is 12.9. The van der Waals surface area contributed by atoms with E-state index in [1.54, 1.807) is 12.1 Å². The van der Waals surface area contributed by atoms with E-state index in [9.17, 15) is 9.18 Å². The Morgan fingerprint density at radius 1 is 1.08 bits per heavy atom. The van der Waals surface area contributed by atoms with Crippen molar-refractivity contribution < 1.29 is 13.9 Å². The first kappa shape index (κ1) is 17.0. The van der Waals surface area contributed by atoms with Crippen molar-refractivity contribution in [3.05, 3.63) is 59.9 Å². The molecule has 2 N–H and O–H groups in total. The molecule has 5 heteroatoms. The van der Waals surface area contributed by atoms with Crippen molar-refractivity contribution in [1.82, 2.24) is 10.6 Å². The summed E-state index contributed by atoms with van der Waals surface area (Å²) in [7, 11) is 0. The van der Waals surface area contributed by atoms with Crippen LogP contribution in [-0.2, 0) is 11.3 Å². The molecule has 1 heterocycles. The molecule has 1 saturated heterocycles. The first-order valence-electron chi connectivity index (χ1n) is 9.15. The highest BCUT2D eigenvalue weighted by Gasteiger charge is 2.57. The zero-order chi connectivity index (χ0) is 18.0. The van der Waals surface area contributed by atoms with Gasteiger partial charge in [0.05, 0.1) is 0 Å². The third kappa shape index (κ3) is 3.73. The molecule has 1 amide bonds. The Balaban J connectivity index is 1.28. The van der Waals surface area contributed by atoms with Crippen LogP contribution in [0.25, 0.3) is 0 Å². The molecule has 136 valence electrons. The fourth-order valence-electron chi connectivity index (χ4n) is 3.82. The van der Waals surface area contributed by atoms with E-state index in [-0.39, 0.29) is 23.1 Å². The topological polar surface area (TPSA) is 50.4 Å². The summed E-state index contributed by atoms with van der Waals surface area (Å²) in [5.41, 5.74) is 1.30. The van der Waals surface area contributed by atoms with Crippen LogP contribution in [0.15, 0.2) is 48.5 Å². The van der Waals surface area contributed by atoms with Gasteiger partial charge in [0.1, 0.15) is 17.3 Å². The van der Waals surface area contributed by atoms with Crippen LogP contribution < -0.4 is 15.4 Å². The van der Waals surface area contributed by atoms with E-state index in [4.69, 9.17) is 4.74 Å². The fraction of sp³-hybridized carbons (Fsp3) is 0.381. The number of hydrogen-bond donors (Lipinski definition) is 2. The number of rotatable bonds is 5. The van der Waals surface area contributed by atoms with E-state index in [2.05, 4.69) is 10.6 Å². The van der Waals surface area contributed by atoms with Gasteiger partial charge in [-0.1, -0.05) is 12.1 Å². The average Bonchev–Trinajstić information content (AvgIpc) is 3.36. The van der Waals surface area contributed by atoms with Gasteiger partial charge in [-0.2, -0.15) is 0 Å². The van der Waals surface area contributed by atoms with Gasteiger partial charge in [0.15, 0.2) is 0 Å². The summed E-state index contributed by atoms with van der Waals surface area (Å²) in [4.78, 5) is 12.4. The Morgan fingerprint density at radius 2 is 1.69 bits per heavy atom. The summed E-state index contributed by atoms with van der Waals surface area (Å²) in [5, 5.41) is 6.43. The molecule has 2 aromatic carbocycles. The van der Waals surface area contributed by atoms with Crippen molar-refractivity contribution in [2.75, 3.05) is 13.1 Å². The Kier molecular flexibility index (Phi) is 4.64. The Labute approximate surface area is 152 Å². The van der Waals surface area contributed by atoms with Crippen molar-refractivity contribution >= 4 is 5.91 Å². The van der Waals surface area contributed by atoms with E-state index in [0.717, 1.165) is 37.9 Å². The van der Waals surface area contributed by atoms with Gasteiger partial charge < -0.3 is 15.4 Å². The second kappa shape index (κ2) is 7.08. The van der Waals surface area contributed by atoms with Gasteiger partial charge in [-0.25, -0.2) is 4.39 Å². The molecule has 1 saturated carbocycles. The van der Waals surface area contributed by atoms with Crippen molar-refractivity contribution in [1.29, 1.82) is 0 Å². The van der Waals surface area contributed by atoms with Gasteiger partial charge in [-0.05, 0) is 79.7 Å². The van der Waals surface area contributed by atoms with Gasteiger partial charge >= 0.3 is 0 Å². The standard InChI is InChI=1S/C21H23FN2O2/c22-16-3-7-18(8-4-16)26-17-5-1-15(2-6-17)14-24-20(25)19-13-21(19)9-11-23-12-10-21/h1-8,19,23H,9-14H2,(H,24,25). The lowest BCUT2D eigenvalue weighted by Gasteiger charge is -2.23. The molecule has 1 spiro atoms. The number of carbonyl (C=O) groups is 1. The summed E-state index contributed by atoms with van der Waals surface area (Å²) >= 11 is 0. The summed E-state index contributed by atoms with van der Waals surface area (Å²) in [6.45, 7) is 2.58. The third-order valence-electron chi connectivity index (χ3n) is 5.54. The summed E-state index contributed by atoms with van der Waals surface area (Å²) in [6, 6.07) is 13.5. The Hall–Kier alpha value is -2.40. The van der Waals surface area contributed by atoms with Crippen LogP contribution in [0.1, 0.15) is 24.8 Å². The molecular weight excluding hydrogens is 331 g/mol. The number of nitrogens with one attached hydrogen (secondary N) is 2. The molecule has 2 fully saturated rings. The van der Waals surface area contributed by atoms with E-state index >= 15 is 0 Å². The second-order valence-corrected chi connectivity index (χ2v) is 7.29. The molecular formula is C21H23FN2O2. The highest BCUT2D eigenvalue weighted by Crippen LogP contribution is 2.58. The van der Waals surface area contributed by atoms with Crippen LogP contribution in [0, 0.1) is 17.2 Å². The molecule has 1 unspecified atom stereocenters. The molecule has 1 aliphatic carbocycles. The monoisotopic (exact) mass is 354 g/mol. The smallest absolute Gasteiger partial charge is 0.223 e. The summed E-state index contributed by atoms with van der Waals surface area (Å²) in [5.74, 6) is 1.35. The molecule has 2 aliphatic rings. The molecule has 0 radical (unpaired) electrons. The minimum Gasteiger partial charge on any atom is -0.457 e. The number of ether oxygens (including phenoxy) is 1. The lowest BCUT2D eigenvalue weighted by Crippen LogP contribution is -2.33. The van der Waals surface area contributed by atoms with Crippen LogP contribution >= 0.6 is 0 Å². The summed E-state index contributed by atoms with van der Waals surface area (Å²) < 4.78 is 18.6. The maximum atomic E-state index is 12.9. The quantitative estimate of drug-likeness (QED) is 0.862. The van der Waals surface area contributed by atoms with Crippen LogP contribution in [0.3, 0.4) is 0 Å². The van der Waals surface area contributed by atoms with Crippen molar-refractivity contribution in [2.45, 2.75) is 25.8 Å². The van der Waals surface area contributed by atoms with E-state index < -0.39 is 0 Å². The third-order valence-corrected chi connectivity index (χ3v) is 5.54. The molecule has 2 aromatic rings. The molecule has 0 aromatic heterocycles. The van der Waals surface area contributed by atoms with E-state index in [1.165, 1.54) is 12.1 Å². The number of piperidine rings is 1. The minimum atomic E-state index is -0.287. The van der Waals surface area contributed by atoms with Gasteiger partial charge in [-0.15, -0.1) is 0 Å². The number of hydrogen-bond acceptors (Lipinski definition) is 3. The Bertz CT molecular complexity index is 768. The Morgan fingerprint density at radius 3 is 2.35 bits per heavy atom. The van der Waals surface area contributed by atoms with Gasteiger partial charge in [-0.3, -0.25) is 4.79 Å². The van der Waals surface area contributed by atoms with Crippen molar-refractivity contribution in [2.24, 2.45) is 11.3 Å². The van der Waals surface area contributed by atoms with Crippen molar-refractivity contribution in [3.63, 3.8) is 0 Å². The normalized spacial score (nSPS) is 20.6. The van der Waals surface area contributed by atoms with Crippen LogP contribution in [0.4, 0.5) is 4.39 Å². The number of benzene rings is 2. The maximum Gasteiger partial charge on any atom is 0.223 e. The van der Waals surface area contributed by atoms with Gasteiger partial charge in [0, 0.05) is 12.5 Å². The van der Waals surface area contributed by atoms with Crippen LogP contribution in [-0.4, -0.2) is 19.0 Å². The minimum absolute atomic E-state index is 0.179. The molecule has 4 rings (SSSR count). The average molecular weight is 354 g/mol. The van der Waals surface area contributed by atoms with E-state index in [0.29, 0.717) is 18.0 Å². The highest BCUT2D eigenvalue weighted by atomic mass is 19.1. The molecule has 26 heavy (non-hydrogen) atoms. The fourth-order valence-corrected chi connectivity index (χ4v) is 3.82. The zero-order valence-corrected chi connectivity index (χ0v) is 14.6. The van der Waals surface area contributed by atoms with Gasteiger partial charge in [0.2, 0.25) is 5.91 Å². The SMILES string of the molecule is O=C(NCc1ccc(Oc2ccc(F)cc2)cc1)C1CC12CCNCC2. The van der Waals surface area contributed by atoms with Crippen molar-refractivity contribution in [3.8, 4) is 11.5 Å². The highest BCUT2D eigenvalue weighted by molar-refractivity contribution is 5.82. The van der Waals surface area contributed by atoms with E-state index in [1.807, 2.05) is 24.3 Å². The second-order valence-electron chi connectivity index (χ2n) is 7.29. The predicted molar refractivity (Wildman–Crippen MR) is 97.4 cm³/mol. The zero-order valence-electron chi connectivity index (χ0n) is 14.6. The lowest BCUT2D eigenvalue weighted by atomic mass is 9.92. The predicted octanol–water partition coefficient (Wildman–Crippen LogP) is 3.62. The first-order chi connectivity index (χ1) is 12.6. The van der Waals surface area contributed by atoms with Crippen LogP contribution in [0.5, 0.6) is 11.5 Å².